The van der Waals surface area contributed by atoms with Crippen molar-refractivity contribution in [2.45, 2.75) is 13.5 Å². The summed E-state index contributed by atoms with van der Waals surface area (Å²) in [4.78, 5) is 26.3. The second-order valence-electron chi connectivity index (χ2n) is 4.44. The zero-order valence-electron chi connectivity index (χ0n) is 11.2. The number of hydrogen-bond acceptors (Lipinski definition) is 5. The molecule has 0 saturated heterocycles. The maximum absolute atomic E-state index is 12.1. The van der Waals surface area contributed by atoms with E-state index in [9.17, 15) is 20.0 Å². The SMILES string of the molecule is Cc1ccncc1CNC(=O)c1cc(O)ccc1[N+](=O)[O-]. The number of nitro benzene ring substituents is 1. The molecule has 1 aromatic heterocycles. The number of aromatic nitrogens is 1. The summed E-state index contributed by atoms with van der Waals surface area (Å²) >= 11 is 0. The summed E-state index contributed by atoms with van der Waals surface area (Å²) in [5.74, 6) is -0.829. The number of aromatic hydroxyl groups is 1. The number of aryl methyl sites for hydroxylation is 1. The molecule has 0 atom stereocenters. The number of hydrogen-bond donors (Lipinski definition) is 2. The Hall–Kier alpha value is -2.96. The van der Waals surface area contributed by atoms with E-state index >= 15 is 0 Å². The molecule has 21 heavy (non-hydrogen) atoms. The maximum Gasteiger partial charge on any atom is 0.282 e. The van der Waals surface area contributed by atoms with Crippen LogP contribution in [0.1, 0.15) is 21.5 Å². The molecule has 1 heterocycles. The lowest BCUT2D eigenvalue weighted by molar-refractivity contribution is -0.385. The molecule has 0 saturated carbocycles. The average molecular weight is 287 g/mol. The van der Waals surface area contributed by atoms with Crippen molar-refractivity contribution in [3.8, 4) is 5.75 Å². The zero-order valence-corrected chi connectivity index (χ0v) is 11.2. The summed E-state index contributed by atoms with van der Waals surface area (Å²) in [6.07, 6.45) is 3.26. The molecule has 0 aliphatic carbocycles. The van der Waals surface area contributed by atoms with Gasteiger partial charge in [-0.25, -0.2) is 0 Å². The molecule has 0 spiro atoms. The lowest BCUT2D eigenvalue weighted by Gasteiger charge is -2.08. The first-order chi connectivity index (χ1) is 9.99. The molecule has 7 nitrogen and oxygen atoms in total. The fourth-order valence-corrected chi connectivity index (χ4v) is 1.82. The van der Waals surface area contributed by atoms with Crippen LogP contribution in [0, 0.1) is 17.0 Å². The first-order valence-corrected chi connectivity index (χ1v) is 6.14. The number of pyridine rings is 1. The largest absolute Gasteiger partial charge is 0.508 e. The van der Waals surface area contributed by atoms with E-state index in [4.69, 9.17) is 0 Å². The van der Waals surface area contributed by atoms with E-state index in [1.807, 2.05) is 6.92 Å². The van der Waals surface area contributed by atoms with Crippen molar-refractivity contribution in [1.82, 2.24) is 10.3 Å². The van der Waals surface area contributed by atoms with Crippen LogP contribution in [0.15, 0.2) is 36.7 Å². The van der Waals surface area contributed by atoms with Gasteiger partial charge in [0.15, 0.2) is 0 Å². The fraction of sp³-hybridized carbons (Fsp3) is 0.143. The van der Waals surface area contributed by atoms with Crippen LogP contribution in [-0.4, -0.2) is 20.9 Å². The standard InChI is InChI=1S/C14H13N3O4/c1-9-4-5-15-7-10(9)8-16-14(19)12-6-11(18)2-3-13(12)17(20)21/h2-7,18H,8H2,1H3,(H,16,19). The summed E-state index contributed by atoms with van der Waals surface area (Å²) < 4.78 is 0. The van der Waals surface area contributed by atoms with Crippen LogP contribution in [0.25, 0.3) is 0 Å². The number of rotatable bonds is 4. The van der Waals surface area contributed by atoms with Crippen LogP contribution in [0.3, 0.4) is 0 Å². The van der Waals surface area contributed by atoms with Gasteiger partial charge in [0.2, 0.25) is 0 Å². The van der Waals surface area contributed by atoms with Crippen LogP contribution in [-0.2, 0) is 6.54 Å². The number of carbonyl (C=O) groups is 1. The highest BCUT2D eigenvalue weighted by Gasteiger charge is 2.20. The predicted octanol–water partition coefficient (Wildman–Crippen LogP) is 1.93. The van der Waals surface area contributed by atoms with Crippen molar-refractivity contribution in [1.29, 1.82) is 0 Å². The third-order valence-corrected chi connectivity index (χ3v) is 3.01. The van der Waals surface area contributed by atoms with Gasteiger partial charge in [0.05, 0.1) is 4.92 Å². The summed E-state index contributed by atoms with van der Waals surface area (Å²) in [7, 11) is 0. The van der Waals surface area contributed by atoms with Crippen LogP contribution < -0.4 is 5.32 Å². The van der Waals surface area contributed by atoms with Crippen LogP contribution in [0.4, 0.5) is 5.69 Å². The molecular weight excluding hydrogens is 274 g/mol. The maximum atomic E-state index is 12.1. The molecule has 1 aromatic carbocycles. The number of nitrogens with zero attached hydrogens (tertiary/aromatic N) is 2. The Labute approximate surface area is 120 Å². The number of amides is 1. The van der Waals surface area contributed by atoms with Crippen LogP contribution >= 0.6 is 0 Å². The van der Waals surface area contributed by atoms with Crippen LogP contribution in [0.5, 0.6) is 5.75 Å². The minimum Gasteiger partial charge on any atom is -0.508 e. The summed E-state index contributed by atoms with van der Waals surface area (Å²) in [5, 5.41) is 22.9. The molecular formula is C14H13N3O4. The number of phenols is 1. The highest BCUT2D eigenvalue weighted by molar-refractivity contribution is 5.98. The van der Waals surface area contributed by atoms with E-state index in [1.54, 1.807) is 18.5 Å². The predicted molar refractivity (Wildman–Crippen MR) is 74.9 cm³/mol. The Bertz CT molecular complexity index is 700. The number of carbonyl (C=O) groups excluding carboxylic acids is 1. The first-order valence-electron chi connectivity index (χ1n) is 6.14. The average Bonchev–Trinajstić information content (AvgIpc) is 2.45. The smallest absolute Gasteiger partial charge is 0.282 e. The summed E-state index contributed by atoms with van der Waals surface area (Å²) in [5.41, 5.74) is 1.24. The molecule has 0 bridgehead atoms. The molecule has 108 valence electrons. The third-order valence-electron chi connectivity index (χ3n) is 3.01. The van der Waals surface area contributed by atoms with Crippen molar-refractivity contribution in [2.24, 2.45) is 0 Å². The Kier molecular flexibility index (Phi) is 4.13. The van der Waals surface area contributed by atoms with Crippen molar-refractivity contribution in [3.05, 3.63) is 63.5 Å². The van der Waals surface area contributed by atoms with Crippen molar-refractivity contribution in [3.63, 3.8) is 0 Å². The zero-order chi connectivity index (χ0) is 15.4. The van der Waals surface area contributed by atoms with E-state index in [0.29, 0.717) is 0 Å². The van der Waals surface area contributed by atoms with E-state index in [1.165, 1.54) is 6.07 Å². The van der Waals surface area contributed by atoms with Crippen molar-refractivity contribution >= 4 is 11.6 Å². The molecule has 2 aromatic rings. The molecule has 0 aliphatic rings. The molecule has 1 amide bonds. The molecule has 2 rings (SSSR count). The Balaban J connectivity index is 2.19. The van der Waals surface area contributed by atoms with Gasteiger partial charge in [-0.3, -0.25) is 19.9 Å². The fourth-order valence-electron chi connectivity index (χ4n) is 1.82. The molecule has 0 fully saturated rings. The van der Waals surface area contributed by atoms with Gasteiger partial charge in [-0.15, -0.1) is 0 Å². The van der Waals surface area contributed by atoms with Crippen molar-refractivity contribution < 1.29 is 14.8 Å². The number of benzene rings is 1. The number of nitro groups is 1. The van der Waals surface area contributed by atoms with E-state index in [0.717, 1.165) is 23.3 Å². The third kappa shape index (κ3) is 3.33. The molecule has 0 radical (unpaired) electrons. The van der Waals surface area contributed by atoms with Crippen LogP contribution in [0.2, 0.25) is 0 Å². The quantitative estimate of drug-likeness (QED) is 0.660. The first kappa shape index (κ1) is 14.4. The summed E-state index contributed by atoms with van der Waals surface area (Å²) in [6.45, 7) is 2.07. The van der Waals surface area contributed by atoms with Gasteiger partial charge in [0.1, 0.15) is 11.3 Å². The van der Waals surface area contributed by atoms with Gasteiger partial charge in [0, 0.05) is 25.0 Å². The van der Waals surface area contributed by atoms with E-state index in [-0.39, 0.29) is 23.5 Å². The molecule has 0 unspecified atom stereocenters. The minimum absolute atomic E-state index is 0.179. The normalized spacial score (nSPS) is 10.1. The second-order valence-corrected chi connectivity index (χ2v) is 4.44. The molecule has 2 N–H and O–H groups in total. The molecule has 7 heteroatoms. The van der Waals surface area contributed by atoms with E-state index < -0.39 is 10.8 Å². The van der Waals surface area contributed by atoms with Gasteiger partial charge in [-0.2, -0.15) is 0 Å². The van der Waals surface area contributed by atoms with Gasteiger partial charge in [-0.1, -0.05) is 0 Å². The van der Waals surface area contributed by atoms with Gasteiger partial charge < -0.3 is 10.4 Å². The topological polar surface area (TPSA) is 105 Å². The lowest BCUT2D eigenvalue weighted by Crippen LogP contribution is -2.24. The lowest BCUT2D eigenvalue weighted by atomic mass is 10.1. The number of nitrogens with one attached hydrogen (secondary N) is 1. The minimum atomic E-state index is -0.663. The monoisotopic (exact) mass is 287 g/mol. The number of phenolic OH excluding ortho intramolecular Hbond substituents is 1. The Morgan fingerprint density at radius 3 is 2.86 bits per heavy atom. The Morgan fingerprint density at radius 2 is 2.19 bits per heavy atom. The highest BCUT2D eigenvalue weighted by Crippen LogP contribution is 2.23. The molecule has 0 aliphatic heterocycles. The van der Waals surface area contributed by atoms with Crippen molar-refractivity contribution in [2.75, 3.05) is 0 Å². The van der Waals surface area contributed by atoms with Gasteiger partial charge in [0.25, 0.3) is 11.6 Å². The van der Waals surface area contributed by atoms with Gasteiger partial charge in [-0.05, 0) is 36.2 Å². The van der Waals surface area contributed by atoms with E-state index in [2.05, 4.69) is 10.3 Å². The summed E-state index contributed by atoms with van der Waals surface area (Å²) in [6, 6.07) is 5.14. The second kappa shape index (κ2) is 6.00. The highest BCUT2D eigenvalue weighted by atomic mass is 16.6. The van der Waals surface area contributed by atoms with Gasteiger partial charge >= 0.3 is 0 Å². The Morgan fingerprint density at radius 1 is 1.43 bits per heavy atom.